The molecule has 1 aliphatic rings. The second kappa shape index (κ2) is 8.78. The van der Waals surface area contributed by atoms with Crippen molar-refractivity contribution in [2.75, 3.05) is 18.1 Å². The highest BCUT2D eigenvalue weighted by Crippen LogP contribution is 2.31. The van der Waals surface area contributed by atoms with Gasteiger partial charge in [0.15, 0.2) is 11.6 Å². The summed E-state index contributed by atoms with van der Waals surface area (Å²) in [5.74, 6) is -1.31. The molecule has 168 valence electrons. The fraction of sp³-hybridized carbons (Fsp3) is 0.522. The lowest BCUT2D eigenvalue weighted by Crippen LogP contribution is -2.40. The zero-order chi connectivity index (χ0) is 22.9. The van der Waals surface area contributed by atoms with Crippen molar-refractivity contribution in [1.82, 2.24) is 9.55 Å². The molecule has 2 atom stereocenters. The van der Waals surface area contributed by atoms with Crippen LogP contribution in [0.2, 0.25) is 0 Å². The molecular formula is C23H30FN3O4. The lowest BCUT2D eigenvalue weighted by atomic mass is 10.0. The topological polar surface area (TPSA) is 84.7 Å². The van der Waals surface area contributed by atoms with E-state index in [1.54, 1.807) is 22.5 Å². The summed E-state index contributed by atoms with van der Waals surface area (Å²) in [6.45, 7) is 11.7. The van der Waals surface area contributed by atoms with E-state index in [0.29, 0.717) is 19.4 Å². The number of hydrogen-bond donors (Lipinski definition) is 1. The van der Waals surface area contributed by atoms with Gasteiger partial charge in [0.25, 0.3) is 0 Å². The van der Waals surface area contributed by atoms with Crippen molar-refractivity contribution in [3.05, 3.63) is 46.5 Å². The summed E-state index contributed by atoms with van der Waals surface area (Å²) in [6.07, 6.45) is 4.29. The van der Waals surface area contributed by atoms with Crippen LogP contribution in [0.15, 0.2) is 29.7 Å². The number of aliphatic hydroxyl groups excluding tert-OH is 1. The molecule has 31 heavy (non-hydrogen) atoms. The molecule has 1 aliphatic heterocycles. The first-order valence-corrected chi connectivity index (χ1v) is 10.6. The number of fused-ring (bicyclic) bond motifs is 1. The van der Waals surface area contributed by atoms with Gasteiger partial charge in [0.2, 0.25) is 5.43 Å². The van der Waals surface area contributed by atoms with Crippen molar-refractivity contribution >= 4 is 22.8 Å². The maximum atomic E-state index is 15.2. The largest absolute Gasteiger partial charge is 0.462 e. The summed E-state index contributed by atoms with van der Waals surface area (Å²) >= 11 is 0. The van der Waals surface area contributed by atoms with E-state index in [2.05, 4.69) is 11.6 Å². The third-order valence-corrected chi connectivity index (χ3v) is 5.55. The number of esters is 1. The highest BCUT2D eigenvalue weighted by Gasteiger charge is 2.33. The molecule has 0 amide bonds. The van der Waals surface area contributed by atoms with Crippen LogP contribution in [0.3, 0.4) is 0 Å². The van der Waals surface area contributed by atoms with Crippen LogP contribution in [0.1, 0.15) is 57.3 Å². The molecule has 3 rings (SSSR count). The van der Waals surface area contributed by atoms with Gasteiger partial charge in [-0.05, 0) is 53.0 Å². The summed E-state index contributed by atoms with van der Waals surface area (Å²) in [7, 11) is 0. The number of anilines is 1. The first-order valence-electron chi connectivity index (χ1n) is 10.6. The maximum Gasteiger partial charge on any atom is 0.343 e. The lowest BCUT2D eigenvalue weighted by Gasteiger charge is -2.31. The van der Waals surface area contributed by atoms with Gasteiger partial charge in [-0.15, -0.1) is 6.58 Å². The molecule has 7 nitrogen and oxygen atoms in total. The quantitative estimate of drug-likeness (QED) is 0.558. The second-order valence-corrected chi connectivity index (χ2v) is 8.79. The van der Waals surface area contributed by atoms with Crippen LogP contribution < -0.4 is 10.3 Å². The number of carbonyl (C=O) groups excluding carboxylic acids is 1. The SMILES string of the molecule is C=CC[C@@H](O)[C@@H]1CCCN1c1nc2c(cc1F)c(=O)c(C(=O)OCC)cn2C(C)(C)C. The van der Waals surface area contributed by atoms with E-state index in [4.69, 9.17) is 4.74 Å². The number of hydrogen-bond acceptors (Lipinski definition) is 6. The van der Waals surface area contributed by atoms with E-state index in [1.807, 2.05) is 20.8 Å². The predicted octanol–water partition coefficient (Wildman–Crippen LogP) is 3.37. The smallest absolute Gasteiger partial charge is 0.343 e. The van der Waals surface area contributed by atoms with Gasteiger partial charge in [0.05, 0.1) is 24.1 Å². The minimum absolute atomic E-state index is 0.0177. The molecule has 3 heterocycles. The van der Waals surface area contributed by atoms with Crippen molar-refractivity contribution in [2.45, 2.75) is 64.6 Å². The molecule has 0 radical (unpaired) electrons. The summed E-state index contributed by atoms with van der Waals surface area (Å²) in [5, 5.41) is 10.5. The molecule has 0 aliphatic carbocycles. The van der Waals surface area contributed by atoms with Crippen molar-refractivity contribution in [1.29, 1.82) is 0 Å². The van der Waals surface area contributed by atoms with Gasteiger partial charge in [0, 0.05) is 18.3 Å². The molecule has 1 fully saturated rings. The van der Waals surface area contributed by atoms with Crippen LogP contribution in [0.5, 0.6) is 0 Å². The van der Waals surface area contributed by atoms with Gasteiger partial charge in [0.1, 0.15) is 11.2 Å². The summed E-state index contributed by atoms with van der Waals surface area (Å²) < 4.78 is 21.9. The van der Waals surface area contributed by atoms with Crippen molar-refractivity contribution in [2.24, 2.45) is 0 Å². The summed E-state index contributed by atoms with van der Waals surface area (Å²) in [5.41, 5.74) is -1.02. The predicted molar refractivity (Wildman–Crippen MR) is 118 cm³/mol. The fourth-order valence-corrected chi connectivity index (χ4v) is 4.06. The Morgan fingerprint density at radius 2 is 2.19 bits per heavy atom. The third kappa shape index (κ3) is 4.35. The zero-order valence-corrected chi connectivity index (χ0v) is 18.5. The number of rotatable bonds is 6. The van der Waals surface area contributed by atoms with Crippen LogP contribution in [0, 0.1) is 5.82 Å². The minimum atomic E-state index is -0.746. The third-order valence-electron chi connectivity index (χ3n) is 5.55. The number of carbonyl (C=O) groups is 1. The van der Waals surface area contributed by atoms with Gasteiger partial charge < -0.3 is 19.3 Å². The number of nitrogens with zero attached hydrogens (tertiary/aromatic N) is 3. The van der Waals surface area contributed by atoms with Crippen molar-refractivity contribution in [3.8, 4) is 0 Å². The molecule has 0 spiro atoms. The first-order chi connectivity index (χ1) is 14.6. The molecule has 8 heteroatoms. The van der Waals surface area contributed by atoms with E-state index in [-0.39, 0.29) is 35.1 Å². The number of pyridine rings is 2. The molecule has 0 bridgehead atoms. The zero-order valence-electron chi connectivity index (χ0n) is 18.5. The van der Waals surface area contributed by atoms with Crippen LogP contribution >= 0.6 is 0 Å². The monoisotopic (exact) mass is 431 g/mol. The average Bonchev–Trinajstić information content (AvgIpc) is 3.17. The van der Waals surface area contributed by atoms with E-state index < -0.39 is 28.9 Å². The Morgan fingerprint density at radius 1 is 1.48 bits per heavy atom. The van der Waals surface area contributed by atoms with E-state index in [9.17, 15) is 14.7 Å². The first kappa shape index (κ1) is 22.9. The van der Waals surface area contributed by atoms with Gasteiger partial charge in [-0.3, -0.25) is 4.79 Å². The molecular weight excluding hydrogens is 401 g/mol. The van der Waals surface area contributed by atoms with Gasteiger partial charge >= 0.3 is 5.97 Å². The standard InChI is InChI=1S/C23H30FN3O4/c1-6-9-18(28)17-10-8-11-26(17)21-16(24)12-14-19(29)15(22(30)31-7-2)13-27(20(14)25-21)23(3,4)5/h6,12-13,17-18,28H,1,7-11H2,2-5H3/t17-,18+/m0/s1. The van der Waals surface area contributed by atoms with Gasteiger partial charge in [-0.1, -0.05) is 6.08 Å². The molecule has 0 aromatic carbocycles. The van der Waals surface area contributed by atoms with E-state index >= 15 is 4.39 Å². The molecule has 0 unspecified atom stereocenters. The Balaban J connectivity index is 2.23. The Bertz CT molecular complexity index is 1060. The number of aliphatic hydroxyl groups is 1. The highest BCUT2D eigenvalue weighted by atomic mass is 19.1. The van der Waals surface area contributed by atoms with Gasteiger partial charge in [-0.2, -0.15) is 0 Å². The van der Waals surface area contributed by atoms with Crippen LogP contribution in [-0.4, -0.2) is 45.9 Å². The average molecular weight is 432 g/mol. The summed E-state index contributed by atoms with van der Waals surface area (Å²) in [6, 6.07) is 0.853. The molecule has 0 saturated carbocycles. The Labute approximate surface area is 181 Å². The normalized spacial score (nSPS) is 17.7. The summed E-state index contributed by atoms with van der Waals surface area (Å²) in [4.78, 5) is 31.6. The number of halogens is 1. The molecule has 2 aromatic rings. The second-order valence-electron chi connectivity index (χ2n) is 8.79. The minimum Gasteiger partial charge on any atom is -0.462 e. The van der Waals surface area contributed by atoms with E-state index in [1.165, 1.54) is 6.20 Å². The fourth-order valence-electron chi connectivity index (χ4n) is 4.06. The highest BCUT2D eigenvalue weighted by molar-refractivity contribution is 5.93. The number of aromatic nitrogens is 2. The molecule has 2 aromatic heterocycles. The Kier molecular flexibility index (Phi) is 6.50. The lowest BCUT2D eigenvalue weighted by molar-refractivity contribution is 0.0523. The Hall–Kier alpha value is -2.74. The van der Waals surface area contributed by atoms with E-state index in [0.717, 1.165) is 12.5 Å². The number of ether oxygens (including phenoxy) is 1. The van der Waals surface area contributed by atoms with Crippen LogP contribution in [0.4, 0.5) is 10.2 Å². The van der Waals surface area contributed by atoms with Crippen LogP contribution in [-0.2, 0) is 10.3 Å². The molecule has 1 saturated heterocycles. The Morgan fingerprint density at radius 3 is 2.81 bits per heavy atom. The molecule has 1 N–H and O–H groups in total. The van der Waals surface area contributed by atoms with Gasteiger partial charge in [-0.25, -0.2) is 14.2 Å². The van der Waals surface area contributed by atoms with Crippen molar-refractivity contribution < 1.29 is 19.0 Å². The van der Waals surface area contributed by atoms with Crippen LogP contribution in [0.25, 0.3) is 11.0 Å². The van der Waals surface area contributed by atoms with Crippen molar-refractivity contribution in [3.63, 3.8) is 0 Å². The maximum absolute atomic E-state index is 15.2.